The number of aliphatic hydroxyl groups excluding tert-OH is 2. The minimum absolute atomic E-state index is 0.0671. The second kappa shape index (κ2) is 49.2. The van der Waals surface area contributed by atoms with Crippen LogP contribution in [0.1, 0.15) is 245 Å². The molecule has 0 aliphatic heterocycles. The first-order chi connectivity index (χ1) is 28.7. The molecule has 0 aromatic carbocycles. The van der Waals surface area contributed by atoms with Crippen molar-refractivity contribution >= 4 is 5.91 Å². The van der Waals surface area contributed by atoms with Gasteiger partial charge in [0.15, 0.2) is 0 Å². The van der Waals surface area contributed by atoms with E-state index < -0.39 is 12.1 Å². The van der Waals surface area contributed by atoms with E-state index in [1.54, 1.807) is 6.08 Å². The van der Waals surface area contributed by atoms with Gasteiger partial charge < -0.3 is 15.5 Å². The molecule has 4 heteroatoms. The third-order valence-corrected chi connectivity index (χ3v) is 11.2. The summed E-state index contributed by atoms with van der Waals surface area (Å²) >= 11 is 0. The number of unbranched alkanes of at least 4 members (excludes halogenated alkanes) is 28. The maximum atomic E-state index is 12.3. The molecule has 2 unspecified atom stereocenters. The molecule has 0 aromatic heterocycles. The van der Waals surface area contributed by atoms with E-state index in [-0.39, 0.29) is 12.5 Å². The van der Waals surface area contributed by atoms with Gasteiger partial charge in [-0.25, -0.2) is 0 Å². The molecule has 0 fully saturated rings. The third kappa shape index (κ3) is 44.9. The zero-order valence-electron chi connectivity index (χ0n) is 38.5. The SMILES string of the molecule is CC/C=C\C/C=C\C/C=C\C/C=C\C/C=C\CCCCCCCCCCCCCCCCCCCCCCCCCC(=O)NC(CO)C(O)/C=C/CCCCCCC. The van der Waals surface area contributed by atoms with Gasteiger partial charge in [0.2, 0.25) is 5.91 Å². The number of rotatable bonds is 45. The van der Waals surface area contributed by atoms with E-state index >= 15 is 0 Å². The van der Waals surface area contributed by atoms with E-state index in [9.17, 15) is 15.0 Å². The van der Waals surface area contributed by atoms with Crippen LogP contribution >= 0.6 is 0 Å². The number of carbonyl (C=O) groups is 1. The summed E-state index contributed by atoms with van der Waals surface area (Å²) in [6.07, 6.45) is 70.8. The molecule has 1 amide bonds. The van der Waals surface area contributed by atoms with Crippen molar-refractivity contribution in [2.24, 2.45) is 0 Å². The van der Waals surface area contributed by atoms with Gasteiger partial charge in [0, 0.05) is 6.42 Å². The highest BCUT2D eigenvalue weighted by Gasteiger charge is 2.17. The number of carbonyl (C=O) groups excluding carboxylic acids is 1. The highest BCUT2D eigenvalue weighted by atomic mass is 16.3. The lowest BCUT2D eigenvalue weighted by atomic mass is 10.0. The normalized spacial score (nSPS) is 13.5. The Labute approximate surface area is 361 Å². The molecule has 0 heterocycles. The monoisotopic (exact) mass is 808 g/mol. The summed E-state index contributed by atoms with van der Waals surface area (Å²) in [7, 11) is 0. The summed E-state index contributed by atoms with van der Waals surface area (Å²) in [5.41, 5.74) is 0. The van der Waals surface area contributed by atoms with Crippen LogP contribution in [0, 0.1) is 0 Å². The van der Waals surface area contributed by atoms with Crippen LogP contribution in [0.15, 0.2) is 72.9 Å². The molecular formula is C54H97NO3. The van der Waals surface area contributed by atoms with E-state index in [1.165, 1.54) is 167 Å². The van der Waals surface area contributed by atoms with Crippen molar-refractivity contribution in [3.8, 4) is 0 Å². The van der Waals surface area contributed by atoms with Gasteiger partial charge in [-0.2, -0.15) is 0 Å². The number of amides is 1. The summed E-state index contributed by atoms with van der Waals surface area (Å²) in [6, 6.07) is -0.618. The number of nitrogens with one attached hydrogen (secondary N) is 1. The minimum Gasteiger partial charge on any atom is -0.394 e. The summed E-state index contributed by atoms with van der Waals surface area (Å²) in [5.74, 6) is -0.0671. The zero-order chi connectivity index (χ0) is 42.1. The van der Waals surface area contributed by atoms with Gasteiger partial charge >= 0.3 is 0 Å². The molecule has 4 nitrogen and oxygen atoms in total. The fraction of sp³-hybridized carbons (Fsp3) is 0.759. The van der Waals surface area contributed by atoms with Gasteiger partial charge in [-0.05, 0) is 64.2 Å². The van der Waals surface area contributed by atoms with Crippen molar-refractivity contribution in [1.29, 1.82) is 0 Å². The number of allylic oxidation sites excluding steroid dienone is 11. The Morgan fingerprint density at radius 2 is 0.759 bits per heavy atom. The van der Waals surface area contributed by atoms with Crippen LogP contribution in [0.4, 0.5) is 0 Å². The second-order valence-electron chi connectivity index (χ2n) is 16.9. The average molecular weight is 808 g/mol. The van der Waals surface area contributed by atoms with Crippen molar-refractivity contribution in [2.75, 3.05) is 6.61 Å². The van der Waals surface area contributed by atoms with Gasteiger partial charge in [0.1, 0.15) is 0 Å². The lowest BCUT2D eigenvalue weighted by molar-refractivity contribution is -0.123. The number of hydrogen-bond acceptors (Lipinski definition) is 3. The fourth-order valence-corrected chi connectivity index (χ4v) is 7.38. The number of hydrogen-bond donors (Lipinski definition) is 3. The maximum absolute atomic E-state index is 12.3. The molecule has 0 bridgehead atoms. The molecule has 2 atom stereocenters. The highest BCUT2D eigenvalue weighted by molar-refractivity contribution is 5.76. The third-order valence-electron chi connectivity index (χ3n) is 11.2. The van der Waals surface area contributed by atoms with E-state index in [1.807, 2.05) is 6.08 Å². The van der Waals surface area contributed by atoms with Crippen LogP contribution in [-0.4, -0.2) is 34.9 Å². The summed E-state index contributed by atoms with van der Waals surface area (Å²) < 4.78 is 0. The Bertz CT molecular complexity index is 1010. The van der Waals surface area contributed by atoms with Crippen LogP contribution in [0.2, 0.25) is 0 Å². The maximum Gasteiger partial charge on any atom is 0.220 e. The molecule has 3 N–H and O–H groups in total. The van der Waals surface area contributed by atoms with Crippen molar-refractivity contribution < 1.29 is 15.0 Å². The predicted octanol–water partition coefficient (Wildman–Crippen LogP) is 16.2. The molecule has 58 heavy (non-hydrogen) atoms. The lowest BCUT2D eigenvalue weighted by Gasteiger charge is -2.20. The van der Waals surface area contributed by atoms with Crippen molar-refractivity contribution in [3.63, 3.8) is 0 Å². The van der Waals surface area contributed by atoms with Gasteiger partial charge in [0.25, 0.3) is 0 Å². The summed E-state index contributed by atoms with van der Waals surface area (Å²) in [6.45, 7) is 4.14. The first-order valence-electron chi connectivity index (χ1n) is 25.2. The van der Waals surface area contributed by atoms with Crippen molar-refractivity contribution in [3.05, 3.63) is 72.9 Å². The smallest absolute Gasteiger partial charge is 0.220 e. The van der Waals surface area contributed by atoms with Crippen molar-refractivity contribution in [1.82, 2.24) is 5.32 Å². The molecule has 0 saturated carbocycles. The van der Waals surface area contributed by atoms with E-state index in [4.69, 9.17) is 0 Å². The molecule has 336 valence electrons. The van der Waals surface area contributed by atoms with Crippen LogP contribution < -0.4 is 5.32 Å². The van der Waals surface area contributed by atoms with Crippen LogP contribution in [0.25, 0.3) is 0 Å². The molecule has 0 radical (unpaired) electrons. The van der Waals surface area contributed by atoms with E-state index in [0.29, 0.717) is 6.42 Å². The molecule has 0 aliphatic carbocycles. The van der Waals surface area contributed by atoms with E-state index in [2.05, 4.69) is 79.9 Å². The highest BCUT2D eigenvalue weighted by Crippen LogP contribution is 2.16. The average Bonchev–Trinajstić information content (AvgIpc) is 3.23. The van der Waals surface area contributed by atoms with Crippen molar-refractivity contribution in [2.45, 2.75) is 257 Å². The van der Waals surface area contributed by atoms with Crippen LogP contribution in [0.5, 0.6) is 0 Å². The second-order valence-corrected chi connectivity index (χ2v) is 16.9. The quantitative estimate of drug-likeness (QED) is 0.0424. The lowest BCUT2D eigenvalue weighted by Crippen LogP contribution is -2.45. The van der Waals surface area contributed by atoms with Gasteiger partial charge in [-0.1, -0.05) is 247 Å². The molecule has 0 rings (SSSR count). The standard InChI is InChI=1S/C54H97NO3/c1-3-5-7-9-11-12-13-14-15-16-17-18-19-20-21-22-23-24-25-26-27-28-29-30-31-32-33-34-35-36-37-38-39-40-41-42-44-46-48-50-54(58)55-52(51-56)53(57)49-47-45-43-10-8-6-4-2/h5,7,11-12,14-15,17-18,20-21,47,49,52-53,56-57H,3-4,6,8-10,13,16,19,22-46,48,50-51H2,1-2H3,(H,55,58)/b7-5-,12-11-,15-14-,18-17-,21-20-,49-47+. The Morgan fingerprint density at radius 3 is 1.14 bits per heavy atom. The molecule has 0 aromatic rings. The van der Waals surface area contributed by atoms with Crippen LogP contribution in [0.3, 0.4) is 0 Å². The Kier molecular flexibility index (Phi) is 47.4. The Morgan fingerprint density at radius 1 is 0.431 bits per heavy atom. The van der Waals surface area contributed by atoms with Crippen LogP contribution in [-0.2, 0) is 4.79 Å². The topological polar surface area (TPSA) is 69.6 Å². The molecule has 0 aliphatic rings. The Balaban J connectivity index is 3.38. The van der Waals surface area contributed by atoms with Gasteiger partial charge in [-0.15, -0.1) is 0 Å². The number of aliphatic hydroxyl groups is 2. The minimum atomic E-state index is -0.835. The van der Waals surface area contributed by atoms with E-state index in [0.717, 1.165) is 57.8 Å². The van der Waals surface area contributed by atoms with Gasteiger partial charge in [-0.3, -0.25) is 4.79 Å². The summed E-state index contributed by atoms with van der Waals surface area (Å²) in [5, 5.41) is 22.8. The zero-order valence-corrected chi connectivity index (χ0v) is 38.5. The largest absolute Gasteiger partial charge is 0.394 e. The first-order valence-corrected chi connectivity index (χ1v) is 25.2. The molecular weight excluding hydrogens is 711 g/mol. The molecule has 0 spiro atoms. The van der Waals surface area contributed by atoms with Gasteiger partial charge in [0.05, 0.1) is 18.8 Å². The Hall–Kier alpha value is -2.17. The summed E-state index contributed by atoms with van der Waals surface area (Å²) in [4.78, 5) is 12.3. The predicted molar refractivity (Wildman–Crippen MR) is 257 cm³/mol. The molecule has 0 saturated heterocycles. The first kappa shape index (κ1) is 55.8. The fourth-order valence-electron chi connectivity index (χ4n) is 7.38.